The van der Waals surface area contributed by atoms with Gasteiger partial charge >= 0.3 is 0 Å². The van der Waals surface area contributed by atoms with Gasteiger partial charge in [0.15, 0.2) is 0 Å². The average Bonchev–Trinajstić information content (AvgIpc) is 2.93. The van der Waals surface area contributed by atoms with Crippen molar-refractivity contribution in [1.82, 2.24) is 15.3 Å². The SMILES string of the molecule is CC.CCCC(NC(=O)C(C)N)C(=O)Nc1cnc[nH]1. The van der Waals surface area contributed by atoms with Crippen molar-refractivity contribution in [3.8, 4) is 0 Å². The minimum atomic E-state index is -0.635. The Balaban J connectivity index is 0.00000172. The summed E-state index contributed by atoms with van der Waals surface area (Å²) >= 11 is 0. The normalized spacial score (nSPS) is 12.7. The summed E-state index contributed by atoms with van der Waals surface area (Å²) in [6.07, 6.45) is 4.29. The number of nitrogens with zero attached hydrogens (tertiary/aromatic N) is 1. The van der Waals surface area contributed by atoms with Crippen molar-refractivity contribution in [3.05, 3.63) is 12.5 Å². The number of imidazole rings is 1. The van der Waals surface area contributed by atoms with Gasteiger partial charge in [-0.2, -0.15) is 0 Å². The van der Waals surface area contributed by atoms with E-state index in [-0.39, 0.29) is 11.8 Å². The molecule has 0 fully saturated rings. The highest BCUT2D eigenvalue weighted by molar-refractivity contribution is 5.97. The molecule has 2 atom stereocenters. The molecule has 1 aromatic rings. The summed E-state index contributed by atoms with van der Waals surface area (Å²) in [5.41, 5.74) is 5.46. The van der Waals surface area contributed by atoms with Crippen LogP contribution in [0.15, 0.2) is 12.5 Å². The molecule has 0 aromatic carbocycles. The fourth-order valence-corrected chi connectivity index (χ4v) is 1.40. The molecule has 0 spiro atoms. The van der Waals surface area contributed by atoms with Gasteiger partial charge in [0.2, 0.25) is 11.8 Å². The lowest BCUT2D eigenvalue weighted by Crippen LogP contribution is -2.49. The number of H-pyrrole nitrogens is 1. The Morgan fingerprint density at radius 3 is 2.50 bits per heavy atom. The number of amides is 2. The third kappa shape index (κ3) is 6.33. The van der Waals surface area contributed by atoms with Crippen molar-refractivity contribution in [2.24, 2.45) is 5.73 Å². The lowest BCUT2D eigenvalue weighted by atomic mass is 10.1. The van der Waals surface area contributed by atoms with Crippen LogP contribution in [0.2, 0.25) is 0 Å². The van der Waals surface area contributed by atoms with Crippen LogP contribution >= 0.6 is 0 Å². The molecule has 0 saturated carbocycles. The molecule has 5 N–H and O–H groups in total. The zero-order chi connectivity index (χ0) is 15.5. The first-order valence-electron chi connectivity index (χ1n) is 6.89. The Hall–Kier alpha value is -1.89. The average molecular weight is 283 g/mol. The Kier molecular flexibility index (Phi) is 9.02. The Morgan fingerprint density at radius 2 is 2.05 bits per heavy atom. The van der Waals surface area contributed by atoms with E-state index in [9.17, 15) is 9.59 Å². The highest BCUT2D eigenvalue weighted by Crippen LogP contribution is 2.03. The van der Waals surface area contributed by atoms with Crippen molar-refractivity contribution in [2.75, 3.05) is 5.32 Å². The second kappa shape index (κ2) is 9.96. The van der Waals surface area contributed by atoms with Gasteiger partial charge in [0.1, 0.15) is 11.9 Å². The van der Waals surface area contributed by atoms with Gasteiger partial charge in [-0.25, -0.2) is 4.98 Å². The quantitative estimate of drug-likeness (QED) is 0.624. The van der Waals surface area contributed by atoms with Crippen molar-refractivity contribution in [3.63, 3.8) is 0 Å². The van der Waals surface area contributed by atoms with Crippen molar-refractivity contribution in [2.45, 2.75) is 52.6 Å². The number of anilines is 1. The van der Waals surface area contributed by atoms with Crippen LogP contribution in [0.5, 0.6) is 0 Å². The van der Waals surface area contributed by atoms with Crippen molar-refractivity contribution >= 4 is 17.6 Å². The minimum Gasteiger partial charge on any atom is -0.343 e. The van der Waals surface area contributed by atoms with E-state index in [0.29, 0.717) is 12.2 Å². The van der Waals surface area contributed by atoms with Gasteiger partial charge in [-0.1, -0.05) is 27.2 Å². The minimum absolute atomic E-state index is 0.282. The zero-order valence-electron chi connectivity index (χ0n) is 12.6. The summed E-state index contributed by atoms with van der Waals surface area (Å²) in [4.78, 5) is 30.0. The second-order valence-corrected chi connectivity index (χ2v) is 4.09. The molecule has 1 heterocycles. The molecule has 0 radical (unpaired) electrons. The molecule has 2 unspecified atom stereocenters. The molecule has 0 bridgehead atoms. The van der Waals surface area contributed by atoms with E-state index in [4.69, 9.17) is 5.73 Å². The van der Waals surface area contributed by atoms with Crippen LogP contribution < -0.4 is 16.4 Å². The third-order valence-corrected chi connectivity index (χ3v) is 2.38. The summed E-state index contributed by atoms with van der Waals surface area (Å²) < 4.78 is 0. The molecule has 20 heavy (non-hydrogen) atoms. The van der Waals surface area contributed by atoms with E-state index in [0.717, 1.165) is 6.42 Å². The molecule has 1 rings (SSSR count). The van der Waals surface area contributed by atoms with Crippen LogP contribution in [0.25, 0.3) is 0 Å². The summed E-state index contributed by atoms with van der Waals surface area (Å²) in [6.45, 7) is 7.51. The number of nitrogens with one attached hydrogen (secondary N) is 3. The number of aromatic nitrogens is 2. The van der Waals surface area contributed by atoms with Crippen LogP contribution in [-0.4, -0.2) is 33.9 Å². The van der Waals surface area contributed by atoms with Crippen LogP contribution in [0.1, 0.15) is 40.5 Å². The van der Waals surface area contributed by atoms with E-state index < -0.39 is 12.1 Å². The molecular formula is C13H25N5O2. The maximum Gasteiger partial charge on any atom is 0.248 e. The molecule has 0 saturated heterocycles. The molecule has 0 aliphatic carbocycles. The maximum absolute atomic E-state index is 11.9. The highest BCUT2D eigenvalue weighted by atomic mass is 16.2. The Bertz CT molecular complexity index is 389. The van der Waals surface area contributed by atoms with E-state index in [2.05, 4.69) is 20.6 Å². The van der Waals surface area contributed by atoms with E-state index >= 15 is 0 Å². The monoisotopic (exact) mass is 283 g/mol. The first-order valence-corrected chi connectivity index (χ1v) is 6.89. The summed E-state index contributed by atoms with van der Waals surface area (Å²) in [6, 6.07) is -1.22. The summed E-state index contributed by atoms with van der Waals surface area (Å²) in [5.74, 6) is -0.126. The second-order valence-electron chi connectivity index (χ2n) is 4.09. The third-order valence-electron chi connectivity index (χ3n) is 2.38. The number of carbonyl (C=O) groups excluding carboxylic acids is 2. The van der Waals surface area contributed by atoms with E-state index in [1.165, 1.54) is 12.5 Å². The van der Waals surface area contributed by atoms with Crippen LogP contribution in [0.4, 0.5) is 5.82 Å². The number of hydrogen-bond donors (Lipinski definition) is 4. The predicted molar refractivity (Wildman–Crippen MR) is 79.1 cm³/mol. The largest absolute Gasteiger partial charge is 0.343 e. The highest BCUT2D eigenvalue weighted by Gasteiger charge is 2.21. The van der Waals surface area contributed by atoms with Gasteiger partial charge in [-0.05, 0) is 13.3 Å². The van der Waals surface area contributed by atoms with Crippen LogP contribution in [0.3, 0.4) is 0 Å². The molecule has 0 aliphatic heterocycles. The van der Waals surface area contributed by atoms with Gasteiger partial charge in [-0.3, -0.25) is 9.59 Å². The fraction of sp³-hybridized carbons (Fsp3) is 0.615. The van der Waals surface area contributed by atoms with Crippen molar-refractivity contribution < 1.29 is 9.59 Å². The first kappa shape index (κ1) is 18.1. The molecule has 1 aromatic heterocycles. The van der Waals surface area contributed by atoms with Crippen molar-refractivity contribution in [1.29, 1.82) is 0 Å². The van der Waals surface area contributed by atoms with E-state index in [1.807, 2.05) is 20.8 Å². The fourth-order valence-electron chi connectivity index (χ4n) is 1.40. The lowest BCUT2D eigenvalue weighted by molar-refractivity contribution is -0.127. The summed E-state index contributed by atoms with van der Waals surface area (Å²) in [5, 5.41) is 5.26. The number of hydrogen-bond acceptors (Lipinski definition) is 4. The van der Waals surface area contributed by atoms with Gasteiger partial charge in [-0.15, -0.1) is 0 Å². The molecular weight excluding hydrogens is 258 g/mol. The zero-order valence-corrected chi connectivity index (χ0v) is 12.6. The molecule has 7 nitrogen and oxygen atoms in total. The summed E-state index contributed by atoms with van der Waals surface area (Å²) in [7, 11) is 0. The first-order chi connectivity index (χ1) is 9.54. The molecule has 2 amide bonds. The lowest BCUT2D eigenvalue weighted by Gasteiger charge is -2.18. The predicted octanol–water partition coefficient (Wildman–Crippen LogP) is 1.01. The number of nitrogens with two attached hydrogens (primary N) is 1. The van der Waals surface area contributed by atoms with Gasteiger partial charge in [0.05, 0.1) is 18.6 Å². The van der Waals surface area contributed by atoms with E-state index in [1.54, 1.807) is 6.92 Å². The Labute approximate surface area is 119 Å². The number of aromatic amines is 1. The van der Waals surface area contributed by atoms with Crippen LogP contribution in [0, 0.1) is 0 Å². The molecule has 114 valence electrons. The number of carbonyl (C=O) groups is 2. The number of rotatable bonds is 6. The molecule has 7 heteroatoms. The maximum atomic E-state index is 11.9. The van der Waals surface area contributed by atoms with Gasteiger partial charge in [0.25, 0.3) is 0 Å². The smallest absolute Gasteiger partial charge is 0.248 e. The van der Waals surface area contributed by atoms with Gasteiger partial charge < -0.3 is 21.4 Å². The Morgan fingerprint density at radius 1 is 1.40 bits per heavy atom. The standard InChI is InChI=1S/C11H19N5O2.C2H6/c1-3-4-8(15-10(17)7(2)12)11(18)16-9-5-13-6-14-9;1-2/h5-8H,3-4,12H2,1-2H3,(H,13,14)(H,15,17)(H,16,18);1-2H3. The molecule has 0 aliphatic rings. The topological polar surface area (TPSA) is 113 Å². The van der Waals surface area contributed by atoms with Crippen LogP contribution in [-0.2, 0) is 9.59 Å². The van der Waals surface area contributed by atoms with Gasteiger partial charge in [0, 0.05) is 0 Å².